The zero-order chi connectivity index (χ0) is 25.7. The van der Waals surface area contributed by atoms with E-state index < -0.39 is 12.6 Å². The van der Waals surface area contributed by atoms with Gasteiger partial charge in [-0.25, -0.2) is 19.2 Å². The van der Waals surface area contributed by atoms with Crippen molar-refractivity contribution in [1.82, 2.24) is 14.5 Å². The fraction of sp³-hybridized carbons (Fsp3) is 0.269. The van der Waals surface area contributed by atoms with Crippen LogP contribution >= 0.6 is 0 Å². The number of methoxy groups -OCH3 is 1. The van der Waals surface area contributed by atoms with Crippen molar-refractivity contribution in [3.05, 3.63) is 60.3 Å². The highest BCUT2D eigenvalue weighted by Gasteiger charge is 2.15. The van der Waals surface area contributed by atoms with Crippen molar-refractivity contribution in [2.45, 2.75) is 20.4 Å². The topological polar surface area (TPSA) is 108 Å². The number of benzene rings is 2. The van der Waals surface area contributed by atoms with Gasteiger partial charge in [-0.2, -0.15) is 0 Å². The maximum atomic E-state index is 14.6. The molecule has 0 bridgehead atoms. The average molecular weight is 495 g/mol. The predicted molar refractivity (Wildman–Crippen MR) is 133 cm³/mol. The average Bonchev–Trinajstić information content (AvgIpc) is 3.20. The van der Waals surface area contributed by atoms with Crippen LogP contribution in [0.4, 0.5) is 10.2 Å². The van der Waals surface area contributed by atoms with Gasteiger partial charge in [-0.05, 0) is 50.2 Å². The number of aromatic nitrogens is 3. The summed E-state index contributed by atoms with van der Waals surface area (Å²) in [6.45, 7) is 4.71. The summed E-state index contributed by atoms with van der Waals surface area (Å²) >= 11 is 0. The largest absolute Gasteiger partial charge is 0.496 e. The summed E-state index contributed by atoms with van der Waals surface area (Å²) in [6, 6.07) is 11.9. The van der Waals surface area contributed by atoms with Crippen LogP contribution in [0.25, 0.3) is 22.2 Å². The van der Waals surface area contributed by atoms with Gasteiger partial charge in [0.1, 0.15) is 23.7 Å². The molecule has 0 saturated carbocycles. The second kappa shape index (κ2) is 10.9. The van der Waals surface area contributed by atoms with E-state index in [1.807, 2.05) is 24.5 Å². The summed E-state index contributed by atoms with van der Waals surface area (Å²) in [5.74, 6) is 0.635. The van der Waals surface area contributed by atoms with Crippen LogP contribution in [-0.4, -0.2) is 52.5 Å². The minimum absolute atomic E-state index is 0.302. The fourth-order valence-corrected chi connectivity index (χ4v) is 4.01. The highest BCUT2D eigenvalue weighted by Crippen LogP contribution is 2.33. The first-order valence-corrected chi connectivity index (χ1v) is 11.4. The molecular weight excluding hydrogens is 467 g/mol. The molecule has 188 valence electrons. The molecule has 4 aromatic rings. The number of ether oxygens (including phenoxy) is 3. The monoisotopic (exact) mass is 494 g/mol. The van der Waals surface area contributed by atoms with Gasteiger partial charge in [0.25, 0.3) is 0 Å². The molecule has 0 saturated heterocycles. The molecule has 2 N–H and O–H groups in total. The number of hydrogen-bond donors (Lipinski definition) is 2. The molecule has 2 aromatic carbocycles. The summed E-state index contributed by atoms with van der Waals surface area (Å²) in [4.78, 5) is 19.5. The quantitative estimate of drug-likeness (QED) is 0.313. The number of rotatable bonds is 11. The third-order valence-electron chi connectivity index (χ3n) is 5.60. The minimum atomic E-state index is -1.07. The van der Waals surface area contributed by atoms with Crippen LogP contribution in [0.15, 0.2) is 48.8 Å². The Hall–Kier alpha value is -4.34. The molecule has 2 heterocycles. The second-order valence-corrected chi connectivity index (χ2v) is 7.94. The summed E-state index contributed by atoms with van der Waals surface area (Å²) in [7, 11) is 1.57. The van der Waals surface area contributed by atoms with Crippen molar-refractivity contribution in [3.63, 3.8) is 0 Å². The van der Waals surface area contributed by atoms with Crippen LogP contribution in [0, 0.1) is 12.7 Å². The second-order valence-electron chi connectivity index (χ2n) is 7.94. The fourth-order valence-electron chi connectivity index (χ4n) is 4.01. The van der Waals surface area contributed by atoms with Crippen LogP contribution in [0.3, 0.4) is 0 Å². The molecule has 0 aliphatic heterocycles. The molecule has 10 heteroatoms. The Balaban J connectivity index is 1.50. The number of carboxylic acid groups (broad SMARTS) is 1. The van der Waals surface area contributed by atoms with Crippen molar-refractivity contribution in [3.8, 4) is 28.5 Å². The third-order valence-corrected chi connectivity index (χ3v) is 5.60. The molecule has 36 heavy (non-hydrogen) atoms. The number of halogens is 1. The number of nitrogens with one attached hydrogen (secondary N) is 1. The van der Waals surface area contributed by atoms with Crippen molar-refractivity contribution in [2.75, 3.05) is 32.2 Å². The van der Waals surface area contributed by atoms with Gasteiger partial charge in [-0.1, -0.05) is 0 Å². The number of carboxylic acids is 1. The molecular formula is C26H27FN4O5. The Bertz CT molecular complexity index is 1390. The highest BCUT2D eigenvalue weighted by molar-refractivity contribution is 5.88. The lowest BCUT2D eigenvalue weighted by Gasteiger charge is -2.13. The van der Waals surface area contributed by atoms with E-state index in [1.165, 1.54) is 12.4 Å². The molecule has 0 fully saturated rings. The zero-order valence-corrected chi connectivity index (χ0v) is 20.2. The molecule has 9 nitrogen and oxygen atoms in total. The molecule has 0 spiro atoms. The first-order chi connectivity index (χ1) is 17.4. The van der Waals surface area contributed by atoms with Crippen LogP contribution in [0.1, 0.15) is 12.6 Å². The molecule has 0 aliphatic carbocycles. The van der Waals surface area contributed by atoms with Gasteiger partial charge in [0.2, 0.25) is 0 Å². The Kier molecular flexibility index (Phi) is 7.53. The third kappa shape index (κ3) is 5.32. The van der Waals surface area contributed by atoms with E-state index in [-0.39, 0.29) is 5.82 Å². The number of anilines is 1. The Labute approximate surface area is 207 Å². The molecule has 0 amide bonds. The molecule has 0 atom stereocenters. The first-order valence-electron chi connectivity index (χ1n) is 11.4. The minimum Gasteiger partial charge on any atom is -0.496 e. The van der Waals surface area contributed by atoms with Gasteiger partial charge in [0.15, 0.2) is 18.1 Å². The van der Waals surface area contributed by atoms with Crippen molar-refractivity contribution >= 4 is 22.7 Å². The summed E-state index contributed by atoms with van der Waals surface area (Å²) in [5.41, 5.74) is 2.84. The zero-order valence-electron chi connectivity index (χ0n) is 20.2. The predicted octanol–water partition coefficient (Wildman–Crippen LogP) is 4.53. The van der Waals surface area contributed by atoms with Crippen LogP contribution in [-0.2, 0) is 11.3 Å². The van der Waals surface area contributed by atoms with E-state index in [2.05, 4.69) is 15.3 Å². The van der Waals surface area contributed by atoms with Gasteiger partial charge in [0.05, 0.1) is 24.9 Å². The lowest BCUT2D eigenvalue weighted by atomic mass is 10.1. The van der Waals surface area contributed by atoms with Gasteiger partial charge in [-0.3, -0.25) is 0 Å². The van der Waals surface area contributed by atoms with E-state index in [0.717, 1.165) is 16.6 Å². The number of hydrogen-bond acceptors (Lipinski definition) is 7. The number of aliphatic carboxylic acids is 1. The number of nitrogens with zero attached hydrogens (tertiary/aromatic N) is 3. The lowest BCUT2D eigenvalue weighted by molar-refractivity contribution is -0.139. The Morgan fingerprint density at radius 2 is 1.89 bits per heavy atom. The number of fused-ring (bicyclic) bond motifs is 1. The van der Waals surface area contributed by atoms with E-state index in [1.54, 1.807) is 37.4 Å². The van der Waals surface area contributed by atoms with Crippen LogP contribution < -0.4 is 19.5 Å². The normalized spacial score (nSPS) is 10.9. The summed E-state index contributed by atoms with van der Waals surface area (Å²) in [6.07, 6.45) is 1.45. The van der Waals surface area contributed by atoms with E-state index in [0.29, 0.717) is 54.0 Å². The van der Waals surface area contributed by atoms with Gasteiger partial charge < -0.3 is 29.2 Å². The van der Waals surface area contributed by atoms with Gasteiger partial charge in [-0.15, -0.1) is 0 Å². The molecule has 4 rings (SSSR count). The van der Waals surface area contributed by atoms with Crippen LogP contribution in [0.2, 0.25) is 0 Å². The Morgan fingerprint density at radius 3 is 2.64 bits per heavy atom. The maximum absolute atomic E-state index is 14.6. The number of carbonyl (C=O) groups is 1. The maximum Gasteiger partial charge on any atom is 0.341 e. The van der Waals surface area contributed by atoms with E-state index in [9.17, 15) is 9.18 Å². The van der Waals surface area contributed by atoms with E-state index >= 15 is 0 Å². The van der Waals surface area contributed by atoms with Crippen LogP contribution in [0.5, 0.6) is 17.2 Å². The smallest absolute Gasteiger partial charge is 0.341 e. The summed E-state index contributed by atoms with van der Waals surface area (Å²) < 4.78 is 32.8. The van der Waals surface area contributed by atoms with Crippen molar-refractivity contribution in [2.24, 2.45) is 0 Å². The van der Waals surface area contributed by atoms with E-state index in [4.69, 9.17) is 19.3 Å². The molecule has 0 unspecified atom stereocenters. The molecule has 2 aromatic heterocycles. The van der Waals surface area contributed by atoms with Crippen molar-refractivity contribution in [1.29, 1.82) is 0 Å². The Morgan fingerprint density at radius 1 is 1.08 bits per heavy atom. The SMILES string of the molecule is CCOc1cc(-c2cc(NCCn3c(C)cc4c(OC)ccc(F)c43)ncn2)ccc1OCC(=O)O. The van der Waals surface area contributed by atoms with Gasteiger partial charge in [0, 0.05) is 35.8 Å². The van der Waals surface area contributed by atoms with Crippen molar-refractivity contribution < 1.29 is 28.5 Å². The van der Waals surface area contributed by atoms with Gasteiger partial charge >= 0.3 is 5.97 Å². The first kappa shape index (κ1) is 24.8. The molecule has 0 aliphatic rings. The standard InChI is InChI=1S/C26H27FN4O5/c1-4-35-23-12-17(5-7-22(23)36-14-25(32)33)20-13-24(30-15-29-20)28-9-10-31-16(2)11-18-21(34-3)8-6-19(27)26(18)31/h5-8,11-13,15H,4,9-10,14H2,1-3H3,(H,32,33)(H,28,29,30). The number of aryl methyl sites for hydroxylation is 1. The summed E-state index contributed by atoms with van der Waals surface area (Å²) in [5, 5.41) is 12.9. The molecule has 0 radical (unpaired) electrons. The highest BCUT2D eigenvalue weighted by atomic mass is 19.1. The lowest BCUT2D eigenvalue weighted by Crippen LogP contribution is -2.13.